The van der Waals surface area contributed by atoms with Crippen molar-refractivity contribution < 1.29 is 19.4 Å². The van der Waals surface area contributed by atoms with Crippen LogP contribution in [0.4, 0.5) is 0 Å². The van der Waals surface area contributed by atoms with Crippen LogP contribution in [0.3, 0.4) is 0 Å². The number of morpholine rings is 1. The highest BCUT2D eigenvalue weighted by atomic mass is 16.5. The zero-order valence-corrected chi connectivity index (χ0v) is 20.1. The molecule has 0 aliphatic carbocycles. The molecule has 2 heterocycles. The molecule has 0 spiro atoms. The van der Waals surface area contributed by atoms with E-state index in [1.165, 1.54) is 0 Å². The summed E-state index contributed by atoms with van der Waals surface area (Å²) in [6.45, 7) is 7.95. The van der Waals surface area contributed by atoms with E-state index in [-0.39, 0.29) is 29.5 Å². The molecule has 1 atom stereocenters. The maximum absolute atomic E-state index is 13.2. The number of methoxy groups -OCH3 is 1. The van der Waals surface area contributed by atoms with E-state index in [1.807, 2.05) is 48.5 Å². The van der Waals surface area contributed by atoms with Crippen LogP contribution >= 0.6 is 0 Å². The molecule has 1 fully saturated rings. The molecule has 0 radical (unpaired) electrons. The quantitative estimate of drug-likeness (QED) is 0.530. The van der Waals surface area contributed by atoms with Crippen LogP contribution in [0.25, 0.3) is 10.9 Å². The van der Waals surface area contributed by atoms with Gasteiger partial charge in [0.25, 0.3) is 0 Å². The van der Waals surface area contributed by atoms with Crippen LogP contribution in [0, 0.1) is 0 Å². The summed E-state index contributed by atoms with van der Waals surface area (Å²) in [6, 6.07) is 15.2. The number of phenolic OH excluding ortho intramolecular Hbond substituents is 1. The zero-order valence-electron chi connectivity index (χ0n) is 20.1. The molecule has 180 valence electrons. The number of hydrogen-bond acceptors (Lipinski definition) is 6. The fourth-order valence-corrected chi connectivity index (χ4v) is 4.52. The minimum Gasteiger partial charge on any atom is -0.505 e. The summed E-state index contributed by atoms with van der Waals surface area (Å²) in [7, 11) is 1.62. The minimum atomic E-state index is -0.330. The van der Waals surface area contributed by atoms with Gasteiger partial charge in [-0.15, -0.1) is 0 Å². The molecule has 7 nitrogen and oxygen atoms in total. The van der Waals surface area contributed by atoms with Gasteiger partial charge in [0.2, 0.25) is 5.91 Å². The van der Waals surface area contributed by atoms with Crippen molar-refractivity contribution >= 4 is 16.8 Å². The molecule has 0 bridgehead atoms. The molecule has 7 heteroatoms. The largest absolute Gasteiger partial charge is 0.505 e. The Kier molecular flexibility index (Phi) is 7.34. The van der Waals surface area contributed by atoms with E-state index in [4.69, 9.17) is 9.47 Å². The Morgan fingerprint density at radius 1 is 1.18 bits per heavy atom. The Bertz CT molecular complexity index is 1120. The molecule has 1 aliphatic rings. The van der Waals surface area contributed by atoms with E-state index in [1.54, 1.807) is 13.3 Å². The molecule has 1 saturated heterocycles. The summed E-state index contributed by atoms with van der Waals surface area (Å²) in [5.41, 5.74) is 1.96. The molecule has 34 heavy (non-hydrogen) atoms. The molecular weight excluding hydrogens is 430 g/mol. The second-order valence-corrected chi connectivity index (χ2v) is 9.30. The third-order valence-electron chi connectivity index (χ3n) is 6.65. The van der Waals surface area contributed by atoms with Crippen molar-refractivity contribution in [3.8, 4) is 11.5 Å². The normalized spacial score (nSPS) is 15.7. The van der Waals surface area contributed by atoms with Crippen LogP contribution < -0.4 is 10.1 Å². The van der Waals surface area contributed by atoms with E-state index < -0.39 is 0 Å². The highest BCUT2D eigenvalue weighted by Crippen LogP contribution is 2.38. The number of hydrogen-bond donors (Lipinski definition) is 2. The number of rotatable bonds is 8. The second kappa shape index (κ2) is 10.4. The van der Waals surface area contributed by atoms with Gasteiger partial charge in [0.15, 0.2) is 0 Å². The van der Waals surface area contributed by atoms with Crippen molar-refractivity contribution in [2.24, 2.45) is 0 Å². The lowest BCUT2D eigenvalue weighted by Gasteiger charge is -2.41. The number of phenols is 1. The van der Waals surface area contributed by atoms with Crippen molar-refractivity contribution in [1.82, 2.24) is 15.2 Å². The summed E-state index contributed by atoms with van der Waals surface area (Å²) in [5.74, 6) is 0.454. The highest BCUT2D eigenvalue weighted by Gasteiger charge is 2.29. The second-order valence-electron chi connectivity index (χ2n) is 9.30. The molecule has 3 aromatic rings. The molecule has 1 aromatic heterocycles. The average Bonchev–Trinajstić information content (AvgIpc) is 2.87. The van der Waals surface area contributed by atoms with Gasteiger partial charge in [-0.1, -0.05) is 30.3 Å². The Balaban J connectivity index is 1.57. The first-order valence-electron chi connectivity index (χ1n) is 11.7. The average molecular weight is 464 g/mol. The van der Waals surface area contributed by atoms with Gasteiger partial charge < -0.3 is 19.9 Å². The van der Waals surface area contributed by atoms with Crippen molar-refractivity contribution in [3.05, 3.63) is 65.9 Å². The third-order valence-corrected chi connectivity index (χ3v) is 6.65. The zero-order chi connectivity index (χ0) is 24.1. The van der Waals surface area contributed by atoms with Gasteiger partial charge in [0, 0.05) is 54.7 Å². The minimum absolute atomic E-state index is 0.0670. The van der Waals surface area contributed by atoms with Crippen LogP contribution in [-0.4, -0.2) is 66.4 Å². The molecule has 0 saturated carbocycles. The first-order chi connectivity index (χ1) is 16.4. The lowest BCUT2D eigenvalue weighted by molar-refractivity contribution is -0.122. The van der Waals surface area contributed by atoms with E-state index in [0.29, 0.717) is 30.8 Å². The van der Waals surface area contributed by atoms with Gasteiger partial charge in [0.1, 0.15) is 17.0 Å². The van der Waals surface area contributed by atoms with Gasteiger partial charge in [-0.3, -0.25) is 14.7 Å². The van der Waals surface area contributed by atoms with Gasteiger partial charge in [-0.25, -0.2) is 0 Å². The Hall–Kier alpha value is -3.16. The summed E-state index contributed by atoms with van der Waals surface area (Å²) in [5, 5.41) is 15.1. The topological polar surface area (TPSA) is 83.9 Å². The predicted octanol–water partition coefficient (Wildman–Crippen LogP) is 3.70. The Morgan fingerprint density at radius 2 is 1.91 bits per heavy atom. The Morgan fingerprint density at radius 3 is 2.62 bits per heavy atom. The fraction of sp³-hybridized carbons (Fsp3) is 0.407. The lowest BCUT2D eigenvalue weighted by atomic mass is 9.86. The number of amides is 1. The molecule has 4 rings (SSSR count). The molecule has 1 aliphatic heterocycles. The van der Waals surface area contributed by atoms with E-state index in [9.17, 15) is 9.90 Å². The SMILES string of the molecule is COc1ccc(C(CC(=O)NCC(C)(C)N2CCOCC2)c2ccc3cccnc3c2O)cc1. The number of pyridine rings is 1. The number of nitrogens with one attached hydrogen (secondary N) is 1. The number of ether oxygens (including phenoxy) is 2. The maximum Gasteiger partial charge on any atom is 0.221 e. The van der Waals surface area contributed by atoms with Gasteiger partial charge in [0.05, 0.1) is 20.3 Å². The lowest BCUT2D eigenvalue weighted by Crippen LogP contribution is -2.55. The number of benzene rings is 2. The van der Waals surface area contributed by atoms with E-state index in [2.05, 4.69) is 29.0 Å². The van der Waals surface area contributed by atoms with Crippen LogP contribution in [-0.2, 0) is 9.53 Å². The van der Waals surface area contributed by atoms with Crippen molar-refractivity contribution in [2.75, 3.05) is 40.0 Å². The van der Waals surface area contributed by atoms with Crippen LogP contribution in [0.5, 0.6) is 11.5 Å². The van der Waals surface area contributed by atoms with Crippen molar-refractivity contribution in [2.45, 2.75) is 31.7 Å². The van der Waals surface area contributed by atoms with Crippen LogP contribution in [0.15, 0.2) is 54.7 Å². The third kappa shape index (κ3) is 5.32. The van der Waals surface area contributed by atoms with E-state index >= 15 is 0 Å². The summed E-state index contributed by atoms with van der Waals surface area (Å²) in [6.07, 6.45) is 1.87. The molecular formula is C27H33N3O4. The first kappa shape index (κ1) is 24.0. The number of fused-ring (bicyclic) bond motifs is 1. The molecule has 2 N–H and O–H groups in total. The fourth-order valence-electron chi connectivity index (χ4n) is 4.52. The van der Waals surface area contributed by atoms with Crippen LogP contribution in [0.1, 0.15) is 37.3 Å². The van der Waals surface area contributed by atoms with Crippen molar-refractivity contribution in [1.29, 1.82) is 0 Å². The number of carbonyl (C=O) groups excluding carboxylic acids is 1. The van der Waals surface area contributed by atoms with Crippen LogP contribution in [0.2, 0.25) is 0 Å². The molecule has 1 unspecified atom stereocenters. The maximum atomic E-state index is 13.2. The highest BCUT2D eigenvalue weighted by molar-refractivity contribution is 5.86. The number of aromatic hydroxyl groups is 1. The predicted molar refractivity (Wildman–Crippen MR) is 132 cm³/mol. The Labute approximate surface area is 200 Å². The van der Waals surface area contributed by atoms with Gasteiger partial charge in [-0.05, 0) is 37.6 Å². The first-order valence-corrected chi connectivity index (χ1v) is 11.7. The van der Waals surface area contributed by atoms with Gasteiger partial charge in [-0.2, -0.15) is 0 Å². The van der Waals surface area contributed by atoms with Crippen molar-refractivity contribution in [3.63, 3.8) is 0 Å². The summed E-state index contributed by atoms with van der Waals surface area (Å²) in [4.78, 5) is 19.9. The monoisotopic (exact) mass is 463 g/mol. The number of nitrogens with zero attached hydrogens (tertiary/aromatic N) is 2. The molecule has 1 amide bonds. The standard InChI is InChI=1S/C27H33N3O4/c1-27(2,30-13-15-34-16-14-30)18-29-24(31)17-23(19-6-9-21(33-3)10-7-19)22-11-8-20-5-4-12-28-25(20)26(22)32/h4-12,23,32H,13-18H2,1-3H3,(H,29,31). The summed E-state index contributed by atoms with van der Waals surface area (Å²) < 4.78 is 10.8. The number of carbonyl (C=O) groups is 1. The van der Waals surface area contributed by atoms with Gasteiger partial charge >= 0.3 is 0 Å². The van der Waals surface area contributed by atoms with E-state index in [0.717, 1.165) is 29.8 Å². The smallest absolute Gasteiger partial charge is 0.221 e. The molecule has 2 aromatic carbocycles. The number of aromatic nitrogens is 1. The summed E-state index contributed by atoms with van der Waals surface area (Å²) >= 11 is 0.